The van der Waals surface area contributed by atoms with Crippen molar-refractivity contribution in [2.24, 2.45) is 5.92 Å². The van der Waals surface area contributed by atoms with Gasteiger partial charge in [-0.05, 0) is 55.7 Å². The Bertz CT molecular complexity index is 1030. The first kappa shape index (κ1) is 17.1. The third kappa shape index (κ3) is 3.62. The van der Waals surface area contributed by atoms with Crippen LogP contribution in [0.4, 0.5) is 15.9 Å². The Kier molecular flexibility index (Phi) is 4.27. The van der Waals surface area contributed by atoms with Gasteiger partial charge >= 0.3 is 0 Å². The molecule has 2 aromatic heterocycles. The van der Waals surface area contributed by atoms with Crippen LogP contribution in [-0.4, -0.2) is 20.9 Å². The van der Waals surface area contributed by atoms with Gasteiger partial charge in [-0.15, -0.1) is 0 Å². The highest BCUT2D eigenvalue weighted by Gasteiger charge is 2.29. The minimum Gasteiger partial charge on any atom is -0.396 e. The van der Waals surface area contributed by atoms with Crippen LogP contribution in [0.15, 0.2) is 42.7 Å². The van der Waals surface area contributed by atoms with Crippen molar-refractivity contribution in [3.63, 3.8) is 0 Å². The summed E-state index contributed by atoms with van der Waals surface area (Å²) in [5.41, 5.74) is 8.63. The van der Waals surface area contributed by atoms with Crippen molar-refractivity contribution in [3.05, 3.63) is 54.1 Å². The number of nitrogens with two attached hydrogens (primary N) is 1. The zero-order valence-electron chi connectivity index (χ0n) is 14.7. The number of anilines is 2. The van der Waals surface area contributed by atoms with Crippen molar-refractivity contribution < 1.29 is 9.18 Å². The van der Waals surface area contributed by atoms with Crippen LogP contribution in [0.5, 0.6) is 0 Å². The molecular weight excluding hydrogens is 345 g/mol. The van der Waals surface area contributed by atoms with Gasteiger partial charge in [0.2, 0.25) is 5.91 Å². The number of hydrogen-bond acceptors (Lipinski definition) is 5. The average molecular weight is 363 g/mol. The van der Waals surface area contributed by atoms with E-state index in [0.29, 0.717) is 17.3 Å². The molecule has 7 heteroatoms. The smallest absolute Gasteiger partial charge is 0.228 e. The maximum Gasteiger partial charge on any atom is 0.228 e. The van der Waals surface area contributed by atoms with Crippen LogP contribution in [0.3, 0.4) is 0 Å². The number of aryl methyl sites for hydroxylation is 1. The topological polar surface area (TPSA) is 93.8 Å². The molecule has 27 heavy (non-hydrogen) atoms. The molecule has 1 fully saturated rings. The Morgan fingerprint density at radius 3 is 2.74 bits per heavy atom. The van der Waals surface area contributed by atoms with E-state index in [1.807, 2.05) is 0 Å². The van der Waals surface area contributed by atoms with E-state index >= 15 is 0 Å². The molecule has 1 amide bonds. The molecule has 0 radical (unpaired) electrons. The Labute approximate surface area is 155 Å². The van der Waals surface area contributed by atoms with E-state index in [2.05, 4.69) is 20.3 Å². The van der Waals surface area contributed by atoms with Crippen molar-refractivity contribution >= 4 is 17.4 Å². The zero-order valence-corrected chi connectivity index (χ0v) is 14.7. The number of nitrogens with one attached hydrogen (secondary N) is 1. The average Bonchev–Trinajstić information content (AvgIpc) is 3.50. The monoisotopic (exact) mass is 363 g/mol. The maximum atomic E-state index is 13.6. The van der Waals surface area contributed by atoms with E-state index in [1.165, 1.54) is 6.07 Å². The molecule has 1 aliphatic rings. The highest BCUT2D eigenvalue weighted by atomic mass is 19.1. The fraction of sp³-hybridized carbons (Fsp3) is 0.200. The van der Waals surface area contributed by atoms with Gasteiger partial charge in [-0.2, -0.15) is 0 Å². The lowest BCUT2D eigenvalue weighted by atomic mass is 10.0. The zero-order chi connectivity index (χ0) is 19.0. The van der Waals surface area contributed by atoms with Crippen LogP contribution in [0.1, 0.15) is 18.4 Å². The lowest BCUT2D eigenvalue weighted by molar-refractivity contribution is -0.117. The lowest BCUT2D eigenvalue weighted by Crippen LogP contribution is -2.14. The second-order valence-corrected chi connectivity index (χ2v) is 6.65. The first-order valence-corrected chi connectivity index (χ1v) is 8.67. The van der Waals surface area contributed by atoms with Crippen LogP contribution in [0.2, 0.25) is 0 Å². The van der Waals surface area contributed by atoms with Gasteiger partial charge in [0, 0.05) is 29.4 Å². The number of rotatable bonds is 4. The summed E-state index contributed by atoms with van der Waals surface area (Å²) in [6.07, 6.45) is 5.10. The molecular formula is C20H18FN5O. The molecule has 0 aliphatic heterocycles. The number of pyridine rings is 1. The van der Waals surface area contributed by atoms with Gasteiger partial charge in [0.25, 0.3) is 0 Å². The van der Waals surface area contributed by atoms with Gasteiger partial charge in [0.05, 0.1) is 11.4 Å². The van der Waals surface area contributed by atoms with Gasteiger partial charge in [-0.1, -0.05) is 0 Å². The molecule has 136 valence electrons. The van der Waals surface area contributed by atoms with Crippen molar-refractivity contribution in [1.29, 1.82) is 0 Å². The Morgan fingerprint density at radius 1 is 1.19 bits per heavy atom. The summed E-state index contributed by atoms with van der Waals surface area (Å²) in [6.45, 7) is 1.80. The first-order chi connectivity index (χ1) is 13.0. The molecule has 0 atom stereocenters. The predicted molar refractivity (Wildman–Crippen MR) is 101 cm³/mol. The SMILES string of the molecule is Cc1cc(F)c(N)cc1-c1ccnc(-c2ccnc(NC(=O)C3CC3)c2)n1. The van der Waals surface area contributed by atoms with Crippen LogP contribution < -0.4 is 11.1 Å². The number of hydrogen-bond donors (Lipinski definition) is 2. The molecule has 0 unspecified atom stereocenters. The highest BCUT2D eigenvalue weighted by molar-refractivity contribution is 5.93. The molecule has 6 nitrogen and oxygen atoms in total. The minimum atomic E-state index is -0.448. The summed E-state index contributed by atoms with van der Waals surface area (Å²) in [6, 6.07) is 8.23. The summed E-state index contributed by atoms with van der Waals surface area (Å²) < 4.78 is 13.6. The highest BCUT2D eigenvalue weighted by Crippen LogP contribution is 2.31. The van der Waals surface area contributed by atoms with E-state index in [0.717, 1.165) is 29.5 Å². The molecule has 3 N–H and O–H groups in total. The number of nitrogens with zero attached hydrogens (tertiary/aromatic N) is 3. The fourth-order valence-corrected chi connectivity index (χ4v) is 2.82. The maximum absolute atomic E-state index is 13.6. The van der Waals surface area contributed by atoms with Crippen LogP contribution >= 0.6 is 0 Å². The van der Waals surface area contributed by atoms with E-state index in [4.69, 9.17) is 5.73 Å². The van der Waals surface area contributed by atoms with Crippen molar-refractivity contribution in [1.82, 2.24) is 15.0 Å². The summed E-state index contributed by atoms with van der Waals surface area (Å²) in [5, 5.41) is 2.82. The van der Waals surface area contributed by atoms with Crippen LogP contribution in [0.25, 0.3) is 22.6 Å². The summed E-state index contributed by atoms with van der Waals surface area (Å²) in [7, 11) is 0. The fourth-order valence-electron chi connectivity index (χ4n) is 2.82. The van der Waals surface area contributed by atoms with E-state index in [9.17, 15) is 9.18 Å². The number of aromatic nitrogens is 3. The largest absolute Gasteiger partial charge is 0.396 e. The first-order valence-electron chi connectivity index (χ1n) is 8.67. The van der Waals surface area contributed by atoms with Gasteiger partial charge in [0.15, 0.2) is 5.82 Å². The Morgan fingerprint density at radius 2 is 1.96 bits per heavy atom. The van der Waals surface area contributed by atoms with Gasteiger partial charge in [-0.3, -0.25) is 4.79 Å². The number of halogens is 1. The molecule has 3 aromatic rings. The number of benzene rings is 1. The summed E-state index contributed by atoms with van der Waals surface area (Å²) >= 11 is 0. The van der Waals surface area contributed by atoms with E-state index in [-0.39, 0.29) is 17.5 Å². The predicted octanol–water partition coefficient (Wildman–Crippen LogP) is 3.58. The second kappa shape index (κ2) is 6.75. The Hall–Kier alpha value is -3.35. The van der Waals surface area contributed by atoms with Gasteiger partial charge < -0.3 is 11.1 Å². The van der Waals surface area contributed by atoms with E-state index < -0.39 is 5.82 Å². The third-order valence-corrected chi connectivity index (χ3v) is 4.49. The molecule has 0 bridgehead atoms. The van der Waals surface area contributed by atoms with E-state index in [1.54, 1.807) is 43.6 Å². The van der Waals surface area contributed by atoms with Crippen LogP contribution in [0, 0.1) is 18.7 Å². The van der Waals surface area contributed by atoms with Crippen molar-refractivity contribution in [3.8, 4) is 22.6 Å². The van der Waals surface area contributed by atoms with Crippen LogP contribution in [-0.2, 0) is 4.79 Å². The number of amides is 1. The number of nitrogen functional groups attached to an aromatic ring is 1. The number of carbonyl (C=O) groups is 1. The number of carbonyl (C=O) groups excluding carboxylic acids is 1. The quantitative estimate of drug-likeness (QED) is 0.691. The summed E-state index contributed by atoms with van der Waals surface area (Å²) in [4.78, 5) is 25.0. The second-order valence-electron chi connectivity index (χ2n) is 6.65. The third-order valence-electron chi connectivity index (χ3n) is 4.49. The standard InChI is InChI=1S/C20H18FN5O/c1-11-8-15(21)16(22)10-14(11)17-5-7-24-19(25-17)13-4-6-23-18(9-13)26-20(27)12-2-3-12/h4-10,12H,2-3,22H2,1H3,(H,23,26,27). The normalized spacial score (nSPS) is 13.4. The molecule has 0 spiro atoms. The molecule has 1 saturated carbocycles. The van der Waals surface area contributed by atoms with Crippen molar-refractivity contribution in [2.75, 3.05) is 11.1 Å². The molecule has 1 aromatic carbocycles. The lowest BCUT2D eigenvalue weighted by Gasteiger charge is -2.09. The molecule has 4 rings (SSSR count). The molecule has 2 heterocycles. The minimum absolute atomic E-state index is 0.00766. The molecule has 0 saturated heterocycles. The summed E-state index contributed by atoms with van der Waals surface area (Å²) in [5.74, 6) is 0.601. The molecule has 1 aliphatic carbocycles. The van der Waals surface area contributed by atoms with Crippen molar-refractivity contribution in [2.45, 2.75) is 19.8 Å². The Balaban J connectivity index is 1.67. The van der Waals surface area contributed by atoms with Gasteiger partial charge in [-0.25, -0.2) is 19.3 Å². The van der Waals surface area contributed by atoms with Gasteiger partial charge in [0.1, 0.15) is 11.6 Å².